The van der Waals surface area contributed by atoms with Crippen LogP contribution in [0.4, 0.5) is 4.79 Å². The van der Waals surface area contributed by atoms with Gasteiger partial charge in [0.1, 0.15) is 5.75 Å². The number of methoxy groups -OCH3 is 1. The van der Waals surface area contributed by atoms with E-state index < -0.39 is 0 Å². The van der Waals surface area contributed by atoms with Crippen LogP contribution in [-0.4, -0.2) is 19.2 Å². The number of rotatable bonds is 5. The predicted molar refractivity (Wildman–Crippen MR) is 75.3 cm³/mol. The Kier molecular flexibility index (Phi) is 3.98. The van der Waals surface area contributed by atoms with Crippen LogP contribution in [0, 0.1) is 0 Å². The minimum Gasteiger partial charge on any atom is -0.497 e. The van der Waals surface area contributed by atoms with Crippen molar-refractivity contribution in [3.05, 3.63) is 29.8 Å². The van der Waals surface area contributed by atoms with E-state index in [-0.39, 0.29) is 17.6 Å². The van der Waals surface area contributed by atoms with Gasteiger partial charge in [0.25, 0.3) is 0 Å². The number of hydrogen-bond donors (Lipinski definition) is 2. The van der Waals surface area contributed by atoms with Gasteiger partial charge in [-0.25, -0.2) is 4.79 Å². The van der Waals surface area contributed by atoms with Crippen molar-refractivity contribution in [1.29, 1.82) is 0 Å². The molecule has 1 atom stereocenters. The van der Waals surface area contributed by atoms with Crippen LogP contribution in [0.5, 0.6) is 5.75 Å². The van der Waals surface area contributed by atoms with E-state index in [2.05, 4.69) is 17.6 Å². The highest BCUT2D eigenvalue weighted by Crippen LogP contribution is 2.45. The molecular weight excluding hydrogens is 240 g/mol. The normalized spacial score (nSPS) is 17.4. The summed E-state index contributed by atoms with van der Waals surface area (Å²) in [6.07, 6.45) is 2.92. The third-order valence-electron chi connectivity index (χ3n) is 3.74. The summed E-state index contributed by atoms with van der Waals surface area (Å²) < 4.78 is 5.15. The van der Waals surface area contributed by atoms with Crippen LogP contribution in [0.15, 0.2) is 24.3 Å². The zero-order valence-corrected chi connectivity index (χ0v) is 11.8. The number of ether oxygens (including phenoxy) is 1. The van der Waals surface area contributed by atoms with E-state index in [0.29, 0.717) is 0 Å². The average Bonchev–Trinajstić information content (AvgIpc) is 3.19. The molecule has 1 aliphatic rings. The van der Waals surface area contributed by atoms with E-state index in [1.807, 2.05) is 31.2 Å². The molecule has 19 heavy (non-hydrogen) atoms. The maximum atomic E-state index is 11.9. The van der Waals surface area contributed by atoms with Crippen LogP contribution in [0.1, 0.15) is 38.7 Å². The van der Waals surface area contributed by atoms with Crippen molar-refractivity contribution in [1.82, 2.24) is 10.6 Å². The number of benzene rings is 1. The first-order chi connectivity index (χ1) is 9.09. The van der Waals surface area contributed by atoms with Gasteiger partial charge in [-0.3, -0.25) is 0 Å². The summed E-state index contributed by atoms with van der Waals surface area (Å²) in [5.74, 6) is 0.837. The van der Waals surface area contributed by atoms with Crippen LogP contribution in [-0.2, 0) is 5.54 Å². The van der Waals surface area contributed by atoms with Crippen molar-refractivity contribution in [2.45, 2.75) is 44.7 Å². The SMILES string of the molecule is CCC(C)NC(=O)NC1(c2ccc(OC)cc2)CC1. The number of carbonyl (C=O) groups excluding carboxylic acids is 1. The lowest BCUT2D eigenvalue weighted by Gasteiger charge is -2.20. The van der Waals surface area contributed by atoms with Crippen molar-refractivity contribution in [2.75, 3.05) is 7.11 Å². The van der Waals surface area contributed by atoms with Crippen LogP contribution >= 0.6 is 0 Å². The van der Waals surface area contributed by atoms with Gasteiger partial charge < -0.3 is 15.4 Å². The molecule has 0 aromatic heterocycles. The second-order valence-electron chi connectivity index (χ2n) is 5.22. The van der Waals surface area contributed by atoms with Crippen LogP contribution in [0.3, 0.4) is 0 Å². The Morgan fingerprint density at radius 3 is 2.47 bits per heavy atom. The minimum absolute atomic E-state index is 0.0809. The zero-order chi connectivity index (χ0) is 13.9. The van der Waals surface area contributed by atoms with Gasteiger partial charge in [0.15, 0.2) is 0 Å². The standard InChI is InChI=1S/C15H22N2O2/c1-4-11(2)16-14(18)17-15(9-10-15)12-5-7-13(19-3)8-6-12/h5-8,11H,4,9-10H2,1-3H3,(H2,16,17,18). The first-order valence-electron chi connectivity index (χ1n) is 6.83. The lowest BCUT2D eigenvalue weighted by molar-refractivity contribution is 0.232. The van der Waals surface area contributed by atoms with E-state index in [9.17, 15) is 4.79 Å². The molecule has 1 unspecified atom stereocenters. The Bertz CT molecular complexity index is 438. The molecule has 1 aromatic carbocycles. The van der Waals surface area contributed by atoms with Crippen LogP contribution in [0.25, 0.3) is 0 Å². The fourth-order valence-electron chi connectivity index (χ4n) is 2.10. The molecule has 0 aliphatic heterocycles. The third kappa shape index (κ3) is 3.19. The molecule has 2 amide bonds. The first kappa shape index (κ1) is 13.7. The van der Waals surface area contributed by atoms with Gasteiger partial charge in [-0.05, 0) is 43.9 Å². The molecule has 1 fully saturated rings. The molecule has 1 saturated carbocycles. The van der Waals surface area contributed by atoms with Crippen molar-refractivity contribution < 1.29 is 9.53 Å². The van der Waals surface area contributed by atoms with Gasteiger partial charge in [0.05, 0.1) is 12.6 Å². The van der Waals surface area contributed by atoms with E-state index >= 15 is 0 Å². The van der Waals surface area contributed by atoms with Crippen LogP contribution < -0.4 is 15.4 Å². The minimum atomic E-state index is -0.177. The van der Waals surface area contributed by atoms with Gasteiger partial charge >= 0.3 is 6.03 Å². The van der Waals surface area contributed by atoms with E-state index in [0.717, 1.165) is 30.6 Å². The molecule has 0 radical (unpaired) electrons. The summed E-state index contributed by atoms with van der Waals surface area (Å²) in [6.45, 7) is 4.06. The third-order valence-corrected chi connectivity index (χ3v) is 3.74. The molecule has 0 heterocycles. The molecular formula is C15H22N2O2. The fourth-order valence-corrected chi connectivity index (χ4v) is 2.10. The smallest absolute Gasteiger partial charge is 0.315 e. The van der Waals surface area contributed by atoms with Crippen molar-refractivity contribution in [2.24, 2.45) is 0 Å². The molecule has 0 saturated heterocycles. The topological polar surface area (TPSA) is 50.4 Å². The monoisotopic (exact) mass is 262 g/mol. The van der Waals surface area contributed by atoms with Gasteiger partial charge in [-0.2, -0.15) is 0 Å². The average molecular weight is 262 g/mol. The molecule has 4 heteroatoms. The summed E-state index contributed by atoms with van der Waals surface area (Å²) in [4.78, 5) is 11.9. The summed E-state index contributed by atoms with van der Waals surface area (Å²) in [7, 11) is 1.65. The second-order valence-corrected chi connectivity index (χ2v) is 5.22. The summed E-state index contributed by atoms with van der Waals surface area (Å²) in [6, 6.07) is 8.03. The Labute approximate surface area is 114 Å². The maximum absolute atomic E-state index is 11.9. The molecule has 0 spiro atoms. The Hall–Kier alpha value is -1.71. The lowest BCUT2D eigenvalue weighted by atomic mass is 10.1. The molecule has 104 valence electrons. The Balaban J connectivity index is 2.00. The van der Waals surface area contributed by atoms with Crippen molar-refractivity contribution in [3.63, 3.8) is 0 Å². The molecule has 1 aliphatic carbocycles. The van der Waals surface area contributed by atoms with Gasteiger partial charge in [-0.15, -0.1) is 0 Å². The van der Waals surface area contributed by atoms with E-state index in [4.69, 9.17) is 4.74 Å². The number of hydrogen-bond acceptors (Lipinski definition) is 2. The van der Waals surface area contributed by atoms with Crippen molar-refractivity contribution in [3.8, 4) is 5.75 Å². The fraction of sp³-hybridized carbons (Fsp3) is 0.533. The first-order valence-corrected chi connectivity index (χ1v) is 6.83. The molecule has 1 aromatic rings. The molecule has 2 rings (SSSR count). The summed E-state index contributed by atoms with van der Waals surface area (Å²) >= 11 is 0. The highest BCUT2D eigenvalue weighted by molar-refractivity contribution is 5.76. The Morgan fingerprint density at radius 1 is 1.37 bits per heavy atom. The van der Waals surface area contributed by atoms with E-state index in [1.54, 1.807) is 7.11 Å². The number of carbonyl (C=O) groups is 1. The highest BCUT2D eigenvalue weighted by atomic mass is 16.5. The summed E-state index contributed by atoms with van der Waals surface area (Å²) in [5, 5.41) is 6.04. The number of urea groups is 1. The largest absolute Gasteiger partial charge is 0.497 e. The van der Waals surface area contributed by atoms with E-state index in [1.165, 1.54) is 0 Å². The predicted octanol–water partition coefficient (Wildman–Crippen LogP) is 2.78. The lowest BCUT2D eigenvalue weighted by Crippen LogP contribution is -2.45. The summed E-state index contributed by atoms with van der Waals surface area (Å²) in [5.41, 5.74) is 0.969. The molecule has 4 nitrogen and oxygen atoms in total. The van der Waals surface area contributed by atoms with Gasteiger partial charge in [0, 0.05) is 6.04 Å². The van der Waals surface area contributed by atoms with Gasteiger partial charge in [0.2, 0.25) is 0 Å². The second kappa shape index (κ2) is 5.51. The van der Waals surface area contributed by atoms with Crippen molar-refractivity contribution >= 4 is 6.03 Å². The maximum Gasteiger partial charge on any atom is 0.315 e. The number of nitrogens with one attached hydrogen (secondary N) is 2. The highest BCUT2D eigenvalue weighted by Gasteiger charge is 2.45. The molecule has 2 N–H and O–H groups in total. The number of amides is 2. The van der Waals surface area contributed by atoms with Gasteiger partial charge in [-0.1, -0.05) is 19.1 Å². The zero-order valence-electron chi connectivity index (χ0n) is 11.8. The Morgan fingerprint density at radius 2 is 2.00 bits per heavy atom. The van der Waals surface area contributed by atoms with Crippen LogP contribution in [0.2, 0.25) is 0 Å². The quantitative estimate of drug-likeness (QED) is 0.857. The molecule has 0 bridgehead atoms.